The van der Waals surface area contributed by atoms with E-state index in [1.165, 1.54) is 12.1 Å². The van der Waals surface area contributed by atoms with E-state index in [-0.39, 0.29) is 17.2 Å². The van der Waals surface area contributed by atoms with Crippen molar-refractivity contribution in [2.45, 2.75) is 26.6 Å². The standard InChI is InChI=1S/C20H19F3N4O2/c1-13-17(14(2)27(26-13)18-5-3-4-11-24-18)10-12-25-19(28)15-6-8-16(9-7-15)29-20(21,22)23/h3-9,11H,10,12H2,1-2H3,(H,25,28). The van der Waals surface area contributed by atoms with Crippen LogP contribution in [0.1, 0.15) is 27.3 Å². The van der Waals surface area contributed by atoms with Gasteiger partial charge in [-0.1, -0.05) is 6.07 Å². The third-order valence-electron chi connectivity index (χ3n) is 4.32. The van der Waals surface area contributed by atoms with Crippen LogP contribution in [0.15, 0.2) is 48.7 Å². The van der Waals surface area contributed by atoms with Crippen LogP contribution in [0.2, 0.25) is 0 Å². The summed E-state index contributed by atoms with van der Waals surface area (Å²) in [4.78, 5) is 16.5. The smallest absolute Gasteiger partial charge is 0.406 e. The predicted octanol–water partition coefficient (Wildman–Crippen LogP) is 3.76. The fourth-order valence-electron chi connectivity index (χ4n) is 2.95. The lowest BCUT2D eigenvalue weighted by molar-refractivity contribution is -0.274. The number of nitrogens with zero attached hydrogens (tertiary/aromatic N) is 3. The number of alkyl halides is 3. The maximum atomic E-state index is 12.2. The second-order valence-corrected chi connectivity index (χ2v) is 6.33. The van der Waals surface area contributed by atoms with Crippen molar-refractivity contribution in [3.63, 3.8) is 0 Å². The van der Waals surface area contributed by atoms with E-state index in [9.17, 15) is 18.0 Å². The maximum absolute atomic E-state index is 12.2. The van der Waals surface area contributed by atoms with Crippen molar-refractivity contribution < 1.29 is 22.7 Å². The number of amides is 1. The van der Waals surface area contributed by atoms with E-state index in [1.54, 1.807) is 10.9 Å². The average Bonchev–Trinajstić information content (AvgIpc) is 2.96. The van der Waals surface area contributed by atoms with Crippen molar-refractivity contribution in [3.05, 3.63) is 71.2 Å². The lowest BCUT2D eigenvalue weighted by Crippen LogP contribution is -2.26. The molecular formula is C20H19F3N4O2. The van der Waals surface area contributed by atoms with Crippen LogP contribution in [-0.4, -0.2) is 33.6 Å². The molecule has 1 aromatic carbocycles. The number of nitrogens with one attached hydrogen (secondary N) is 1. The molecule has 0 atom stereocenters. The highest BCUT2D eigenvalue weighted by Crippen LogP contribution is 2.22. The second kappa shape index (κ2) is 8.34. The molecule has 0 fully saturated rings. The first-order valence-electron chi connectivity index (χ1n) is 8.85. The van der Waals surface area contributed by atoms with Crippen LogP contribution >= 0.6 is 0 Å². The van der Waals surface area contributed by atoms with Gasteiger partial charge in [-0.2, -0.15) is 5.10 Å². The van der Waals surface area contributed by atoms with Crippen LogP contribution in [0, 0.1) is 13.8 Å². The summed E-state index contributed by atoms with van der Waals surface area (Å²) in [6, 6.07) is 10.3. The fourth-order valence-corrected chi connectivity index (χ4v) is 2.95. The SMILES string of the molecule is Cc1nn(-c2ccccn2)c(C)c1CCNC(=O)c1ccc(OC(F)(F)F)cc1. The molecule has 0 aliphatic rings. The molecule has 29 heavy (non-hydrogen) atoms. The number of carbonyl (C=O) groups is 1. The molecule has 0 radical (unpaired) electrons. The molecule has 2 heterocycles. The van der Waals surface area contributed by atoms with Gasteiger partial charge in [0.05, 0.1) is 5.69 Å². The number of pyridine rings is 1. The van der Waals surface area contributed by atoms with Gasteiger partial charge in [0.15, 0.2) is 5.82 Å². The molecule has 0 aliphatic heterocycles. The molecule has 152 valence electrons. The normalized spacial score (nSPS) is 11.3. The third-order valence-corrected chi connectivity index (χ3v) is 4.32. The summed E-state index contributed by atoms with van der Waals surface area (Å²) >= 11 is 0. The molecule has 3 aromatic rings. The van der Waals surface area contributed by atoms with Crippen LogP contribution in [0.4, 0.5) is 13.2 Å². The van der Waals surface area contributed by atoms with Gasteiger partial charge in [-0.05, 0) is 62.2 Å². The largest absolute Gasteiger partial charge is 0.573 e. The predicted molar refractivity (Wildman–Crippen MR) is 100.0 cm³/mol. The molecule has 0 spiro atoms. The minimum absolute atomic E-state index is 0.247. The first-order valence-corrected chi connectivity index (χ1v) is 8.85. The lowest BCUT2D eigenvalue weighted by atomic mass is 10.1. The number of carbonyl (C=O) groups excluding carboxylic acids is 1. The molecule has 1 amide bonds. The minimum Gasteiger partial charge on any atom is -0.406 e. The van der Waals surface area contributed by atoms with E-state index < -0.39 is 6.36 Å². The quantitative estimate of drug-likeness (QED) is 0.679. The molecule has 6 nitrogen and oxygen atoms in total. The van der Waals surface area contributed by atoms with Gasteiger partial charge in [-0.25, -0.2) is 9.67 Å². The highest BCUT2D eigenvalue weighted by atomic mass is 19.4. The fraction of sp³-hybridized carbons (Fsp3) is 0.250. The van der Waals surface area contributed by atoms with E-state index in [1.807, 2.05) is 32.0 Å². The summed E-state index contributed by atoms with van der Waals surface area (Å²) in [5.41, 5.74) is 3.03. The molecule has 2 aromatic heterocycles. The van der Waals surface area contributed by atoms with E-state index >= 15 is 0 Å². The number of ether oxygens (including phenoxy) is 1. The molecule has 1 N–H and O–H groups in total. The van der Waals surface area contributed by atoms with Gasteiger partial charge in [0.25, 0.3) is 5.91 Å². The Bertz CT molecular complexity index is 983. The van der Waals surface area contributed by atoms with Crippen LogP contribution in [0.3, 0.4) is 0 Å². The average molecular weight is 404 g/mol. The van der Waals surface area contributed by atoms with Crippen molar-refractivity contribution in [2.24, 2.45) is 0 Å². The topological polar surface area (TPSA) is 69.0 Å². The van der Waals surface area contributed by atoms with Crippen molar-refractivity contribution in [1.29, 1.82) is 0 Å². The Kier molecular flexibility index (Phi) is 5.86. The zero-order valence-electron chi connectivity index (χ0n) is 15.8. The Labute approximate surface area is 165 Å². The number of aryl methyl sites for hydroxylation is 1. The van der Waals surface area contributed by atoms with Crippen molar-refractivity contribution in [2.75, 3.05) is 6.54 Å². The molecule has 0 aliphatic carbocycles. The van der Waals surface area contributed by atoms with Crippen LogP contribution in [0.25, 0.3) is 5.82 Å². The number of halogens is 3. The number of aromatic nitrogens is 3. The summed E-state index contributed by atoms with van der Waals surface area (Å²) in [7, 11) is 0. The van der Waals surface area contributed by atoms with Crippen LogP contribution in [0.5, 0.6) is 5.75 Å². The third kappa shape index (κ3) is 5.13. The molecule has 9 heteroatoms. The summed E-state index contributed by atoms with van der Waals surface area (Å²) in [6.45, 7) is 4.18. The monoisotopic (exact) mass is 404 g/mol. The molecule has 0 unspecified atom stereocenters. The molecule has 3 rings (SSSR count). The second-order valence-electron chi connectivity index (χ2n) is 6.33. The minimum atomic E-state index is -4.76. The van der Waals surface area contributed by atoms with Crippen molar-refractivity contribution in [1.82, 2.24) is 20.1 Å². The number of benzene rings is 1. The van der Waals surface area contributed by atoms with Gasteiger partial charge >= 0.3 is 6.36 Å². The number of rotatable bonds is 6. The zero-order chi connectivity index (χ0) is 21.0. The molecule has 0 bridgehead atoms. The summed E-state index contributed by atoms with van der Waals surface area (Å²) in [5.74, 6) is -0.0391. The number of hydrogen-bond donors (Lipinski definition) is 1. The van der Waals surface area contributed by atoms with E-state index in [0.29, 0.717) is 18.8 Å². The van der Waals surface area contributed by atoms with E-state index in [2.05, 4.69) is 20.1 Å². The van der Waals surface area contributed by atoms with Gasteiger partial charge in [0, 0.05) is 24.0 Å². The zero-order valence-corrected chi connectivity index (χ0v) is 15.8. The molecule has 0 saturated heterocycles. The first-order chi connectivity index (χ1) is 13.7. The maximum Gasteiger partial charge on any atom is 0.573 e. The Morgan fingerprint density at radius 3 is 2.48 bits per heavy atom. The highest BCUT2D eigenvalue weighted by Gasteiger charge is 2.31. The van der Waals surface area contributed by atoms with Gasteiger partial charge in [0.2, 0.25) is 0 Å². The lowest BCUT2D eigenvalue weighted by Gasteiger charge is -2.10. The van der Waals surface area contributed by atoms with Gasteiger partial charge in [-0.15, -0.1) is 13.2 Å². The van der Waals surface area contributed by atoms with Crippen molar-refractivity contribution >= 4 is 5.91 Å². The highest BCUT2D eigenvalue weighted by molar-refractivity contribution is 5.94. The Hall–Kier alpha value is -3.36. The van der Waals surface area contributed by atoms with E-state index in [4.69, 9.17) is 0 Å². The van der Waals surface area contributed by atoms with E-state index in [0.717, 1.165) is 29.1 Å². The van der Waals surface area contributed by atoms with Gasteiger partial charge in [-0.3, -0.25) is 4.79 Å². The Morgan fingerprint density at radius 2 is 1.86 bits per heavy atom. The molecule has 0 saturated carbocycles. The number of hydrogen-bond acceptors (Lipinski definition) is 4. The van der Waals surface area contributed by atoms with Gasteiger partial charge < -0.3 is 10.1 Å². The summed E-state index contributed by atoms with van der Waals surface area (Å²) in [6.07, 6.45) is -2.51. The Balaban J connectivity index is 1.60. The molecular weight excluding hydrogens is 385 g/mol. The summed E-state index contributed by atoms with van der Waals surface area (Å²) in [5, 5.41) is 7.27. The summed E-state index contributed by atoms with van der Waals surface area (Å²) < 4.78 is 42.1. The first kappa shape index (κ1) is 20.4. The Morgan fingerprint density at radius 1 is 1.14 bits per heavy atom. The van der Waals surface area contributed by atoms with Crippen LogP contribution < -0.4 is 10.1 Å². The van der Waals surface area contributed by atoms with Crippen molar-refractivity contribution in [3.8, 4) is 11.6 Å². The van der Waals surface area contributed by atoms with Gasteiger partial charge in [0.1, 0.15) is 5.75 Å². The van der Waals surface area contributed by atoms with Crippen LogP contribution in [-0.2, 0) is 6.42 Å².